The summed E-state index contributed by atoms with van der Waals surface area (Å²) in [7, 11) is 1.67. The molecule has 0 aliphatic rings. The lowest BCUT2D eigenvalue weighted by Crippen LogP contribution is -2.31. The normalized spacial score (nSPS) is 12.0. The maximum Gasteiger partial charge on any atom is 0.321 e. The Morgan fingerprint density at radius 1 is 1.43 bits per heavy atom. The van der Waals surface area contributed by atoms with Crippen molar-refractivity contribution < 1.29 is 9.90 Å². The molecule has 112 valence electrons. The number of anilines is 1. The quantitative estimate of drug-likeness (QED) is 0.800. The van der Waals surface area contributed by atoms with Crippen molar-refractivity contribution in [3.05, 3.63) is 41.5 Å². The molecule has 1 heterocycles. The van der Waals surface area contributed by atoms with Gasteiger partial charge in [0.05, 0.1) is 12.6 Å². The molecule has 0 saturated carbocycles. The van der Waals surface area contributed by atoms with Gasteiger partial charge in [0.15, 0.2) is 5.82 Å². The minimum atomic E-state index is -0.522. The van der Waals surface area contributed by atoms with Gasteiger partial charge in [0.25, 0.3) is 0 Å². The highest BCUT2D eigenvalue weighted by Crippen LogP contribution is 2.16. The van der Waals surface area contributed by atoms with Gasteiger partial charge in [-0.3, -0.25) is 5.10 Å². The maximum atomic E-state index is 12.0. The van der Waals surface area contributed by atoms with Gasteiger partial charge in [-0.25, -0.2) is 9.78 Å². The highest BCUT2D eigenvalue weighted by molar-refractivity contribution is 5.89. The molecular weight excluding hydrogens is 270 g/mol. The van der Waals surface area contributed by atoms with Crippen LogP contribution in [0.4, 0.5) is 10.5 Å². The number of nitrogens with zero attached hydrogens (tertiary/aromatic N) is 3. The van der Waals surface area contributed by atoms with E-state index in [0.717, 1.165) is 5.56 Å². The van der Waals surface area contributed by atoms with E-state index in [4.69, 9.17) is 0 Å². The fourth-order valence-corrected chi connectivity index (χ4v) is 1.81. The number of hydrogen-bond acceptors (Lipinski definition) is 4. The molecule has 0 fully saturated rings. The predicted octanol–water partition coefficient (Wildman–Crippen LogP) is 1.83. The first kappa shape index (κ1) is 15.0. The van der Waals surface area contributed by atoms with Crippen molar-refractivity contribution in [1.82, 2.24) is 20.1 Å². The molecule has 0 saturated heterocycles. The minimum absolute atomic E-state index is 0.248. The Balaban J connectivity index is 1.93. The second-order valence-corrected chi connectivity index (χ2v) is 4.92. The number of urea groups is 1. The van der Waals surface area contributed by atoms with Crippen molar-refractivity contribution in [2.45, 2.75) is 26.5 Å². The number of nitrogens with one attached hydrogen (secondary N) is 2. The van der Waals surface area contributed by atoms with Gasteiger partial charge in [0, 0.05) is 12.7 Å². The summed E-state index contributed by atoms with van der Waals surface area (Å²) in [4.78, 5) is 17.7. The third kappa shape index (κ3) is 4.03. The Labute approximate surface area is 123 Å². The lowest BCUT2D eigenvalue weighted by molar-refractivity contribution is 0.199. The monoisotopic (exact) mass is 289 g/mol. The number of carbonyl (C=O) groups is 1. The molecule has 21 heavy (non-hydrogen) atoms. The predicted molar refractivity (Wildman–Crippen MR) is 78.7 cm³/mol. The van der Waals surface area contributed by atoms with Crippen LogP contribution < -0.4 is 5.32 Å². The molecule has 0 aliphatic carbocycles. The fraction of sp³-hybridized carbons (Fsp3) is 0.357. The van der Waals surface area contributed by atoms with Crippen LogP contribution in [0.1, 0.15) is 30.2 Å². The highest BCUT2D eigenvalue weighted by atomic mass is 16.3. The fourth-order valence-electron chi connectivity index (χ4n) is 1.81. The number of rotatable bonds is 4. The molecule has 7 nitrogen and oxygen atoms in total. The van der Waals surface area contributed by atoms with Crippen LogP contribution in [0.25, 0.3) is 0 Å². The summed E-state index contributed by atoms with van der Waals surface area (Å²) in [6, 6.07) is 6.81. The van der Waals surface area contributed by atoms with Crippen molar-refractivity contribution in [3.63, 3.8) is 0 Å². The van der Waals surface area contributed by atoms with Gasteiger partial charge in [-0.1, -0.05) is 12.1 Å². The molecule has 2 aromatic rings. The van der Waals surface area contributed by atoms with Gasteiger partial charge < -0.3 is 15.3 Å². The average molecular weight is 289 g/mol. The number of hydrogen-bond donors (Lipinski definition) is 3. The standard InChI is InChI=1S/C14H19N5O2/c1-9(20)11-4-6-12(7-5-11)16-14(21)19(3)8-13-15-10(2)17-18-13/h4-7,9,20H,8H2,1-3H3,(H,16,21)(H,15,17,18). The van der Waals surface area contributed by atoms with Gasteiger partial charge in [-0.05, 0) is 31.5 Å². The zero-order valence-electron chi connectivity index (χ0n) is 12.3. The summed E-state index contributed by atoms with van der Waals surface area (Å²) in [6.45, 7) is 3.82. The molecular formula is C14H19N5O2. The molecule has 1 atom stereocenters. The Morgan fingerprint density at radius 3 is 2.62 bits per heavy atom. The van der Waals surface area contributed by atoms with E-state index in [2.05, 4.69) is 20.5 Å². The Hall–Kier alpha value is -2.41. The number of H-pyrrole nitrogens is 1. The van der Waals surface area contributed by atoms with Crippen molar-refractivity contribution >= 4 is 11.7 Å². The lowest BCUT2D eigenvalue weighted by Gasteiger charge is -2.16. The van der Waals surface area contributed by atoms with Crippen LogP contribution in [-0.4, -0.2) is 38.3 Å². The third-order valence-corrected chi connectivity index (χ3v) is 3.01. The van der Waals surface area contributed by atoms with Crippen LogP contribution in [0.3, 0.4) is 0 Å². The van der Waals surface area contributed by atoms with E-state index in [1.807, 2.05) is 0 Å². The third-order valence-electron chi connectivity index (χ3n) is 3.01. The number of benzene rings is 1. The summed E-state index contributed by atoms with van der Waals surface area (Å²) in [5.74, 6) is 1.28. The summed E-state index contributed by atoms with van der Waals surface area (Å²) < 4.78 is 0. The number of amides is 2. The highest BCUT2D eigenvalue weighted by Gasteiger charge is 2.12. The zero-order valence-corrected chi connectivity index (χ0v) is 12.3. The Kier molecular flexibility index (Phi) is 4.54. The van der Waals surface area contributed by atoms with Gasteiger partial charge in [-0.15, -0.1) is 0 Å². The van der Waals surface area contributed by atoms with Gasteiger partial charge >= 0.3 is 6.03 Å². The minimum Gasteiger partial charge on any atom is -0.389 e. The van der Waals surface area contributed by atoms with E-state index in [-0.39, 0.29) is 6.03 Å². The van der Waals surface area contributed by atoms with Gasteiger partial charge in [0.2, 0.25) is 0 Å². The first-order valence-electron chi connectivity index (χ1n) is 6.63. The summed E-state index contributed by atoms with van der Waals surface area (Å²) in [6.07, 6.45) is -0.522. The lowest BCUT2D eigenvalue weighted by atomic mass is 10.1. The molecule has 3 N–H and O–H groups in total. The SMILES string of the molecule is Cc1nc(CN(C)C(=O)Nc2ccc(C(C)O)cc2)n[nH]1. The van der Waals surface area contributed by atoms with Crippen molar-refractivity contribution in [2.75, 3.05) is 12.4 Å². The summed E-state index contributed by atoms with van der Waals surface area (Å²) in [5, 5.41) is 18.9. The van der Waals surface area contributed by atoms with E-state index in [0.29, 0.717) is 23.9 Å². The second kappa shape index (κ2) is 6.36. The van der Waals surface area contributed by atoms with Crippen LogP contribution in [-0.2, 0) is 6.54 Å². The van der Waals surface area contributed by atoms with E-state index < -0.39 is 6.10 Å². The van der Waals surface area contributed by atoms with Crippen molar-refractivity contribution in [1.29, 1.82) is 0 Å². The number of aromatic amines is 1. The van der Waals surface area contributed by atoms with Crippen LogP contribution in [0.2, 0.25) is 0 Å². The molecule has 0 aliphatic heterocycles. The smallest absolute Gasteiger partial charge is 0.321 e. The molecule has 1 aromatic heterocycles. The van der Waals surface area contributed by atoms with Crippen molar-refractivity contribution in [3.8, 4) is 0 Å². The number of aryl methyl sites for hydroxylation is 1. The Bertz CT molecular complexity index is 606. The molecule has 0 radical (unpaired) electrons. The van der Waals surface area contributed by atoms with E-state index in [1.54, 1.807) is 45.2 Å². The van der Waals surface area contributed by atoms with Crippen LogP contribution in [0, 0.1) is 6.92 Å². The van der Waals surface area contributed by atoms with E-state index >= 15 is 0 Å². The Morgan fingerprint density at radius 2 is 2.10 bits per heavy atom. The molecule has 0 bridgehead atoms. The molecule has 7 heteroatoms. The first-order chi connectivity index (χ1) is 9.95. The zero-order chi connectivity index (χ0) is 15.4. The largest absolute Gasteiger partial charge is 0.389 e. The van der Waals surface area contributed by atoms with Crippen LogP contribution in [0.5, 0.6) is 0 Å². The van der Waals surface area contributed by atoms with E-state index in [9.17, 15) is 9.90 Å². The maximum absolute atomic E-state index is 12.0. The van der Waals surface area contributed by atoms with Gasteiger partial charge in [0.1, 0.15) is 5.82 Å². The van der Waals surface area contributed by atoms with Crippen LogP contribution in [0.15, 0.2) is 24.3 Å². The molecule has 0 spiro atoms. The number of carbonyl (C=O) groups excluding carboxylic acids is 1. The average Bonchev–Trinajstić information content (AvgIpc) is 2.84. The summed E-state index contributed by atoms with van der Waals surface area (Å²) in [5.41, 5.74) is 1.47. The van der Waals surface area contributed by atoms with E-state index in [1.165, 1.54) is 4.90 Å². The first-order valence-corrected chi connectivity index (χ1v) is 6.63. The number of aliphatic hydroxyl groups is 1. The molecule has 2 amide bonds. The second-order valence-electron chi connectivity index (χ2n) is 4.92. The topological polar surface area (TPSA) is 94.1 Å². The molecule has 1 unspecified atom stereocenters. The number of aromatic nitrogens is 3. The summed E-state index contributed by atoms with van der Waals surface area (Å²) >= 11 is 0. The molecule has 1 aromatic carbocycles. The van der Waals surface area contributed by atoms with Crippen molar-refractivity contribution in [2.24, 2.45) is 0 Å². The molecule has 2 rings (SSSR count). The van der Waals surface area contributed by atoms with Crippen LogP contribution >= 0.6 is 0 Å². The number of aliphatic hydroxyl groups excluding tert-OH is 1. The van der Waals surface area contributed by atoms with Gasteiger partial charge in [-0.2, -0.15) is 5.10 Å².